The molecule has 1 aromatic carbocycles. The van der Waals surface area contributed by atoms with Gasteiger partial charge >= 0.3 is 0 Å². The van der Waals surface area contributed by atoms with Gasteiger partial charge in [-0.1, -0.05) is 6.07 Å². The second-order valence-electron chi connectivity index (χ2n) is 5.76. The molecule has 1 aromatic rings. The van der Waals surface area contributed by atoms with E-state index in [0.29, 0.717) is 6.54 Å². The summed E-state index contributed by atoms with van der Waals surface area (Å²) < 4.78 is 10.5. The van der Waals surface area contributed by atoms with Crippen molar-refractivity contribution in [3.63, 3.8) is 0 Å². The molecular weight excluding hydrogens is 266 g/mol. The summed E-state index contributed by atoms with van der Waals surface area (Å²) in [6.07, 6.45) is 0. The van der Waals surface area contributed by atoms with Gasteiger partial charge in [0.25, 0.3) is 0 Å². The molecule has 0 aliphatic heterocycles. The number of rotatable bonds is 5. The summed E-state index contributed by atoms with van der Waals surface area (Å²) in [6, 6.07) is 5.84. The molecule has 0 heterocycles. The summed E-state index contributed by atoms with van der Waals surface area (Å²) in [5.74, 6) is 2.25. The van der Waals surface area contributed by atoms with E-state index in [1.54, 1.807) is 14.2 Å². The van der Waals surface area contributed by atoms with Gasteiger partial charge in [0.1, 0.15) is 0 Å². The van der Waals surface area contributed by atoms with Crippen molar-refractivity contribution in [1.29, 1.82) is 0 Å². The van der Waals surface area contributed by atoms with Crippen molar-refractivity contribution >= 4 is 5.96 Å². The Morgan fingerprint density at radius 3 is 2.33 bits per heavy atom. The predicted molar refractivity (Wildman–Crippen MR) is 87.3 cm³/mol. The zero-order valence-electron chi connectivity index (χ0n) is 13.9. The standard InChI is InChI=1S/C16H27N3O2/c1-7-17-15(19-16(2,3)4)18-11-12-8-9-13(20-5)14(10-12)21-6/h8-10H,7,11H2,1-6H3,(H2,17,18,19). The number of nitrogens with zero attached hydrogens (tertiary/aromatic N) is 1. The molecule has 0 saturated heterocycles. The van der Waals surface area contributed by atoms with Crippen LogP contribution in [0.3, 0.4) is 0 Å². The number of hydrogen-bond donors (Lipinski definition) is 2. The Hall–Kier alpha value is -1.91. The van der Waals surface area contributed by atoms with Crippen molar-refractivity contribution < 1.29 is 9.47 Å². The maximum Gasteiger partial charge on any atom is 0.191 e. The number of methoxy groups -OCH3 is 2. The predicted octanol–water partition coefficient (Wildman–Crippen LogP) is 2.56. The largest absolute Gasteiger partial charge is 0.493 e. The quantitative estimate of drug-likeness (QED) is 0.647. The third kappa shape index (κ3) is 5.94. The number of aliphatic imine (C=N–C) groups is 1. The summed E-state index contributed by atoms with van der Waals surface area (Å²) in [5.41, 5.74) is 1.04. The molecule has 0 aliphatic rings. The van der Waals surface area contributed by atoms with E-state index in [1.807, 2.05) is 18.2 Å². The molecule has 0 radical (unpaired) electrons. The monoisotopic (exact) mass is 293 g/mol. The van der Waals surface area contributed by atoms with Gasteiger partial charge in [-0.15, -0.1) is 0 Å². The molecule has 0 aliphatic carbocycles. The second-order valence-corrected chi connectivity index (χ2v) is 5.76. The van der Waals surface area contributed by atoms with E-state index < -0.39 is 0 Å². The summed E-state index contributed by atoms with van der Waals surface area (Å²) in [5, 5.41) is 6.60. The fraction of sp³-hybridized carbons (Fsp3) is 0.562. The lowest BCUT2D eigenvalue weighted by atomic mass is 10.1. The number of guanidine groups is 1. The fourth-order valence-electron chi connectivity index (χ4n) is 1.81. The van der Waals surface area contributed by atoms with E-state index in [2.05, 4.69) is 43.3 Å². The molecule has 5 nitrogen and oxygen atoms in total. The van der Waals surface area contributed by atoms with Gasteiger partial charge in [0.15, 0.2) is 17.5 Å². The van der Waals surface area contributed by atoms with E-state index in [9.17, 15) is 0 Å². The van der Waals surface area contributed by atoms with Crippen LogP contribution in [0.2, 0.25) is 0 Å². The van der Waals surface area contributed by atoms with Gasteiger partial charge in [-0.3, -0.25) is 0 Å². The summed E-state index contributed by atoms with van der Waals surface area (Å²) in [7, 11) is 3.27. The van der Waals surface area contributed by atoms with Crippen LogP contribution in [0, 0.1) is 0 Å². The highest BCUT2D eigenvalue weighted by Crippen LogP contribution is 2.27. The minimum atomic E-state index is -0.0292. The molecule has 0 saturated carbocycles. The Balaban J connectivity index is 2.84. The molecule has 0 atom stereocenters. The number of ether oxygens (including phenoxy) is 2. The van der Waals surface area contributed by atoms with Crippen LogP contribution in [0.4, 0.5) is 0 Å². The lowest BCUT2D eigenvalue weighted by Gasteiger charge is -2.23. The van der Waals surface area contributed by atoms with Crippen molar-refractivity contribution in [1.82, 2.24) is 10.6 Å². The minimum Gasteiger partial charge on any atom is -0.493 e. The maximum absolute atomic E-state index is 5.31. The van der Waals surface area contributed by atoms with Gasteiger partial charge in [0.2, 0.25) is 0 Å². The molecule has 118 valence electrons. The highest BCUT2D eigenvalue weighted by atomic mass is 16.5. The summed E-state index contributed by atoms with van der Waals surface area (Å²) >= 11 is 0. The van der Waals surface area contributed by atoms with Gasteiger partial charge in [-0.25, -0.2) is 4.99 Å². The fourth-order valence-corrected chi connectivity index (χ4v) is 1.81. The molecule has 1 rings (SSSR count). The van der Waals surface area contributed by atoms with E-state index in [4.69, 9.17) is 9.47 Å². The Labute approximate surface area is 127 Å². The molecule has 21 heavy (non-hydrogen) atoms. The van der Waals surface area contributed by atoms with Crippen LogP contribution in [0.25, 0.3) is 0 Å². The highest BCUT2D eigenvalue weighted by molar-refractivity contribution is 5.80. The van der Waals surface area contributed by atoms with Crippen molar-refractivity contribution in [3.8, 4) is 11.5 Å². The van der Waals surface area contributed by atoms with Crippen LogP contribution in [-0.2, 0) is 6.54 Å². The van der Waals surface area contributed by atoms with E-state index in [0.717, 1.165) is 29.6 Å². The van der Waals surface area contributed by atoms with Gasteiger partial charge < -0.3 is 20.1 Å². The Morgan fingerprint density at radius 1 is 1.14 bits per heavy atom. The van der Waals surface area contributed by atoms with Crippen LogP contribution in [0.5, 0.6) is 11.5 Å². The Kier molecular flexibility index (Phi) is 6.34. The van der Waals surface area contributed by atoms with Crippen LogP contribution >= 0.6 is 0 Å². The van der Waals surface area contributed by atoms with Crippen molar-refractivity contribution in [2.24, 2.45) is 4.99 Å². The smallest absolute Gasteiger partial charge is 0.191 e. The van der Waals surface area contributed by atoms with Crippen molar-refractivity contribution in [2.45, 2.75) is 39.8 Å². The first-order valence-corrected chi connectivity index (χ1v) is 7.17. The normalized spacial score (nSPS) is 12.0. The SMILES string of the molecule is CCNC(=NCc1ccc(OC)c(OC)c1)NC(C)(C)C. The first-order chi connectivity index (χ1) is 9.89. The molecule has 2 N–H and O–H groups in total. The van der Waals surface area contributed by atoms with Crippen molar-refractivity contribution in [2.75, 3.05) is 20.8 Å². The van der Waals surface area contributed by atoms with Crippen molar-refractivity contribution in [3.05, 3.63) is 23.8 Å². The lowest BCUT2D eigenvalue weighted by molar-refractivity contribution is 0.354. The van der Waals surface area contributed by atoms with Crippen LogP contribution in [-0.4, -0.2) is 32.3 Å². The second kappa shape index (κ2) is 7.76. The van der Waals surface area contributed by atoms with Gasteiger partial charge in [-0.05, 0) is 45.4 Å². The van der Waals surface area contributed by atoms with E-state index in [-0.39, 0.29) is 5.54 Å². The molecule has 0 spiro atoms. The summed E-state index contributed by atoms with van der Waals surface area (Å²) in [6.45, 7) is 9.78. The number of benzene rings is 1. The van der Waals surface area contributed by atoms with Gasteiger partial charge in [0, 0.05) is 12.1 Å². The van der Waals surface area contributed by atoms with Crippen LogP contribution < -0.4 is 20.1 Å². The zero-order valence-corrected chi connectivity index (χ0v) is 13.9. The highest BCUT2D eigenvalue weighted by Gasteiger charge is 2.11. The van der Waals surface area contributed by atoms with E-state index in [1.165, 1.54) is 0 Å². The van der Waals surface area contributed by atoms with Gasteiger partial charge in [-0.2, -0.15) is 0 Å². The van der Waals surface area contributed by atoms with E-state index >= 15 is 0 Å². The topological polar surface area (TPSA) is 54.9 Å². The Morgan fingerprint density at radius 2 is 1.81 bits per heavy atom. The lowest BCUT2D eigenvalue weighted by Crippen LogP contribution is -2.47. The molecular formula is C16H27N3O2. The minimum absolute atomic E-state index is 0.0292. The summed E-state index contributed by atoms with van der Waals surface area (Å²) in [4.78, 5) is 4.60. The first kappa shape index (κ1) is 17.1. The molecule has 5 heteroatoms. The molecule has 0 amide bonds. The third-order valence-corrected chi connectivity index (χ3v) is 2.71. The zero-order chi connectivity index (χ0) is 15.9. The number of nitrogens with one attached hydrogen (secondary N) is 2. The number of hydrogen-bond acceptors (Lipinski definition) is 3. The maximum atomic E-state index is 5.31. The molecule has 0 unspecified atom stereocenters. The van der Waals surface area contributed by atoms with Gasteiger partial charge in [0.05, 0.1) is 20.8 Å². The average Bonchev–Trinajstić information content (AvgIpc) is 2.43. The average molecular weight is 293 g/mol. The molecule has 0 bridgehead atoms. The third-order valence-electron chi connectivity index (χ3n) is 2.71. The van der Waals surface area contributed by atoms with Crippen LogP contribution in [0.1, 0.15) is 33.3 Å². The molecule has 0 aromatic heterocycles. The van der Waals surface area contributed by atoms with Crippen LogP contribution in [0.15, 0.2) is 23.2 Å². The molecule has 0 fully saturated rings. The first-order valence-electron chi connectivity index (χ1n) is 7.17. The Bertz CT molecular complexity index is 479.